The van der Waals surface area contributed by atoms with Crippen LogP contribution in [0.25, 0.3) is 0 Å². The molecule has 1 fully saturated rings. The van der Waals surface area contributed by atoms with Crippen molar-refractivity contribution in [2.24, 2.45) is 4.99 Å². The number of ether oxygens (including phenoxy) is 2. The second-order valence-corrected chi connectivity index (χ2v) is 6.67. The third kappa shape index (κ3) is 5.43. The number of anilines is 1. The van der Waals surface area contributed by atoms with E-state index in [1.165, 1.54) is 25.3 Å². The minimum Gasteiger partial charge on any atom is -0.495 e. The number of rotatable bonds is 5. The molecule has 1 saturated heterocycles. The molecule has 0 radical (unpaired) electrons. The predicted octanol–water partition coefficient (Wildman–Crippen LogP) is 3.86. The first-order chi connectivity index (χ1) is 13.5. The molecule has 1 aliphatic rings. The van der Waals surface area contributed by atoms with Crippen molar-refractivity contribution in [2.75, 3.05) is 25.6 Å². The quantitative estimate of drug-likeness (QED) is 0.585. The van der Waals surface area contributed by atoms with Gasteiger partial charge in [-0.05, 0) is 49.2 Å². The zero-order chi connectivity index (χ0) is 19.9. The lowest BCUT2D eigenvalue weighted by Gasteiger charge is -2.14. The number of amides is 1. The number of carbonyl (C=O) groups is 1. The highest BCUT2D eigenvalue weighted by Crippen LogP contribution is 2.27. The van der Waals surface area contributed by atoms with Crippen molar-refractivity contribution in [3.63, 3.8) is 0 Å². The molecule has 1 unspecified atom stereocenters. The van der Waals surface area contributed by atoms with Crippen molar-refractivity contribution in [3.8, 4) is 5.75 Å². The van der Waals surface area contributed by atoms with Gasteiger partial charge >= 0.3 is 0 Å². The zero-order valence-electron chi connectivity index (χ0n) is 15.4. The van der Waals surface area contributed by atoms with Crippen LogP contribution in [0.2, 0.25) is 5.02 Å². The van der Waals surface area contributed by atoms with Gasteiger partial charge in [0.25, 0.3) is 5.91 Å². The van der Waals surface area contributed by atoms with Crippen LogP contribution in [0.3, 0.4) is 0 Å². The van der Waals surface area contributed by atoms with Gasteiger partial charge in [-0.3, -0.25) is 10.1 Å². The van der Waals surface area contributed by atoms with E-state index in [0.717, 1.165) is 18.9 Å². The Hall–Kier alpha value is -2.64. The number of hydrogen-bond acceptors (Lipinski definition) is 4. The third-order valence-electron chi connectivity index (χ3n) is 4.21. The summed E-state index contributed by atoms with van der Waals surface area (Å²) in [5, 5.41) is 6.14. The summed E-state index contributed by atoms with van der Waals surface area (Å²) in [7, 11) is 1.53. The SMILES string of the molecule is COc1ccc(NC(=NCC2CCCO2)NC(=O)c2cccc(F)c2)cc1Cl. The molecule has 0 aliphatic carbocycles. The number of benzene rings is 2. The molecule has 1 aliphatic heterocycles. The van der Waals surface area contributed by atoms with Crippen LogP contribution in [0.15, 0.2) is 47.5 Å². The average molecular weight is 406 g/mol. The Morgan fingerprint density at radius 2 is 2.21 bits per heavy atom. The zero-order valence-corrected chi connectivity index (χ0v) is 16.1. The van der Waals surface area contributed by atoms with Crippen LogP contribution in [0.4, 0.5) is 10.1 Å². The summed E-state index contributed by atoms with van der Waals surface area (Å²) in [5.41, 5.74) is 0.816. The molecule has 0 spiro atoms. The van der Waals surface area contributed by atoms with E-state index in [1.807, 2.05) is 0 Å². The largest absolute Gasteiger partial charge is 0.495 e. The first-order valence-corrected chi connectivity index (χ1v) is 9.26. The number of halogens is 2. The van der Waals surface area contributed by atoms with Gasteiger partial charge in [0.1, 0.15) is 11.6 Å². The van der Waals surface area contributed by atoms with E-state index in [2.05, 4.69) is 15.6 Å². The number of hydrogen-bond donors (Lipinski definition) is 2. The molecule has 6 nitrogen and oxygen atoms in total. The highest BCUT2D eigenvalue weighted by Gasteiger charge is 2.16. The first kappa shape index (κ1) is 20.1. The van der Waals surface area contributed by atoms with Crippen LogP contribution in [0.1, 0.15) is 23.2 Å². The summed E-state index contributed by atoms with van der Waals surface area (Å²) in [6.07, 6.45) is 1.93. The van der Waals surface area contributed by atoms with Gasteiger partial charge < -0.3 is 14.8 Å². The summed E-state index contributed by atoms with van der Waals surface area (Å²) in [4.78, 5) is 16.9. The van der Waals surface area contributed by atoms with Crippen LogP contribution in [0.5, 0.6) is 5.75 Å². The molecular formula is C20H21ClFN3O3. The van der Waals surface area contributed by atoms with E-state index in [4.69, 9.17) is 21.1 Å². The average Bonchev–Trinajstić information content (AvgIpc) is 3.20. The summed E-state index contributed by atoms with van der Waals surface area (Å²) in [5.74, 6) is -0.196. The van der Waals surface area contributed by atoms with Crippen molar-refractivity contribution >= 4 is 29.2 Å². The van der Waals surface area contributed by atoms with E-state index in [1.54, 1.807) is 18.2 Å². The minimum absolute atomic E-state index is 0.0160. The lowest BCUT2D eigenvalue weighted by atomic mass is 10.2. The van der Waals surface area contributed by atoms with E-state index in [-0.39, 0.29) is 17.6 Å². The maximum Gasteiger partial charge on any atom is 0.258 e. The normalized spacial score (nSPS) is 16.7. The fourth-order valence-electron chi connectivity index (χ4n) is 2.78. The second kappa shape index (κ2) is 9.52. The summed E-state index contributed by atoms with van der Waals surface area (Å²) >= 11 is 6.16. The molecule has 1 heterocycles. The molecule has 1 amide bonds. The Morgan fingerprint density at radius 3 is 2.89 bits per heavy atom. The maximum absolute atomic E-state index is 13.4. The number of carbonyl (C=O) groups excluding carboxylic acids is 1. The van der Waals surface area contributed by atoms with Gasteiger partial charge in [0.15, 0.2) is 0 Å². The van der Waals surface area contributed by atoms with Crippen LogP contribution in [0, 0.1) is 5.82 Å². The van der Waals surface area contributed by atoms with E-state index in [9.17, 15) is 9.18 Å². The van der Waals surface area contributed by atoms with Gasteiger partial charge in [-0.2, -0.15) is 0 Å². The van der Waals surface area contributed by atoms with Gasteiger partial charge in [0.2, 0.25) is 5.96 Å². The Labute approximate surface area is 167 Å². The van der Waals surface area contributed by atoms with Crippen LogP contribution in [-0.2, 0) is 4.74 Å². The fourth-order valence-corrected chi connectivity index (χ4v) is 3.04. The second-order valence-electron chi connectivity index (χ2n) is 6.26. The monoisotopic (exact) mass is 405 g/mol. The predicted molar refractivity (Wildman–Crippen MR) is 107 cm³/mol. The highest BCUT2D eigenvalue weighted by atomic mass is 35.5. The molecule has 2 aromatic carbocycles. The molecular weight excluding hydrogens is 385 g/mol. The maximum atomic E-state index is 13.4. The smallest absolute Gasteiger partial charge is 0.258 e. The molecule has 0 aromatic heterocycles. The molecule has 0 saturated carbocycles. The van der Waals surface area contributed by atoms with Crippen molar-refractivity contribution in [1.29, 1.82) is 0 Å². The van der Waals surface area contributed by atoms with Gasteiger partial charge in [0, 0.05) is 17.9 Å². The summed E-state index contributed by atoms with van der Waals surface area (Å²) < 4.78 is 24.1. The van der Waals surface area contributed by atoms with E-state index < -0.39 is 11.7 Å². The third-order valence-corrected chi connectivity index (χ3v) is 4.51. The molecule has 28 heavy (non-hydrogen) atoms. The summed E-state index contributed by atoms with van der Waals surface area (Å²) in [6.45, 7) is 1.11. The van der Waals surface area contributed by atoms with Crippen LogP contribution < -0.4 is 15.4 Å². The Balaban J connectivity index is 1.77. The highest BCUT2D eigenvalue weighted by molar-refractivity contribution is 6.32. The van der Waals surface area contributed by atoms with E-state index in [0.29, 0.717) is 29.6 Å². The topological polar surface area (TPSA) is 71.9 Å². The number of nitrogens with one attached hydrogen (secondary N) is 2. The number of nitrogens with zero attached hydrogens (tertiary/aromatic N) is 1. The van der Waals surface area contributed by atoms with Crippen molar-refractivity contribution < 1.29 is 18.7 Å². The van der Waals surface area contributed by atoms with Crippen molar-refractivity contribution in [3.05, 3.63) is 58.9 Å². The van der Waals surface area contributed by atoms with Crippen LogP contribution in [-0.4, -0.2) is 38.2 Å². The van der Waals surface area contributed by atoms with Gasteiger partial charge in [-0.25, -0.2) is 9.38 Å². The Bertz CT molecular complexity index is 870. The molecule has 8 heteroatoms. The Kier molecular flexibility index (Phi) is 6.84. The van der Waals surface area contributed by atoms with Gasteiger partial charge in [0.05, 0.1) is 24.8 Å². The molecule has 0 bridgehead atoms. The van der Waals surface area contributed by atoms with Crippen LogP contribution >= 0.6 is 11.6 Å². The van der Waals surface area contributed by atoms with Gasteiger partial charge in [-0.15, -0.1) is 0 Å². The fraction of sp³-hybridized carbons (Fsp3) is 0.300. The number of aliphatic imine (C=N–C) groups is 1. The first-order valence-electron chi connectivity index (χ1n) is 8.88. The Morgan fingerprint density at radius 1 is 1.36 bits per heavy atom. The number of methoxy groups -OCH3 is 1. The summed E-state index contributed by atoms with van der Waals surface area (Å²) in [6, 6.07) is 10.6. The molecule has 3 rings (SSSR count). The van der Waals surface area contributed by atoms with E-state index >= 15 is 0 Å². The standard InChI is InChI=1S/C20H21ClFN3O3/c1-27-18-8-7-15(11-17(18)21)24-20(23-12-16-6-3-9-28-16)25-19(26)13-4-2-5-14(22)10-13/h2,4-5,7-8,10-11,16H,3,6,9,12H2,1H3,(H2,23,24,25,26). The van der Waals surface area contributed by atoms with Crippen molar-refractivity contribution in [2.45, 2.75) is 18.9 Å². The molecule has 148 valence electrons. The lowest BCUT2D eigenvalue weighted by Crippen LogP contribution is -2.36. The van der Waals surface area contributed by atoms with Crippen molar-refractivity contribution in [1.82, 2.24) is 5.32 Å². The molecule has 2 N–H and O–H groups in total. The lowest BCUT2D eigenvalue weighted by molar-refractivity contribution is 0.0975. The molecule has 1 atom stereocenters. The van der Waals surface area contributed by atoms with Gasteiger partial charge in [-0.1, -0.05) is 17.7 Å². The molecule has 2 aromatic rings. The number of guanidine groups is 1. The minimum atomic E-state index is -0.486.